The summed E-state index contributed by atoms with van der Waals surface area (Å²) in [6, 6.07) is 11.3. The van der Waals surface area contributed by atoms with Crippen LogP contribution in [0, 0.1) is 15.5 Å². The zero-order chi connectivity index (χ0) is 23.4. The van der Waals surface area contributed by atoms with E-state index in [1.807, 2.05) is 0 Å². The van der Waals surface area contributed by atoms with Crippen molar-refractivity contribution in [2.45, 2.75) is 9.79 Å². The Bertz CT molecular complexity index is 1340. The van der Waals surface area contributed by atoms with Crippen molar-refractivity contribution in [1.82, 2.24) is 0 Å². The Morgan fingerprint density at radius 3 is 1.77 bits per heavy atom. The van der Waals surface area contributed by atoms with Crippen LogP contribution < -0.4 is 4.74 Å². The van der Waals surface area contributed by atoms with Crippen molar-refractivity contribution >= 4 is 42.4 Å². The third-order valence-corrected chi connectivity index (χ3v) is 5.70. The van der Waals surface area contributed by atoms with Gasteiger partial charge in [-0.3, -0.25) is 19.2 Å². The Morgan fingerprint density at radius 2 is 1.42 bits per heavy atom. The maximum atomic E-state index is 11.2. The number of nitro benzene ring substituents is 1. The quantitative estimate of drug-likeness (QED) is 0.248. The molecule has 0 radical (unpaired) electrons. The van der Waals surface area contributed by atoms with E-state index in [2.05, 4.69) is 4.98 Å². The van der Waals surface area contributed by atoms with Gasteiger partial charge in [0.25, 0.3) is 25.9 Å². The molecule has 0 saturated carbocycles. The van der Waals surface area contributed by atoms with E-state index in [4.69, 9.17) is 19.2 Å². The molecular weight excluding hydrogens is 454 g/mol. The Kier molecular flexibility index (Phi) is 6.88. The van der Waals surface area contributed by atoms with Crippen LogP contribution >= 0.6 is 0 Å². The number of non-ortho nitro benzene ring substituents is 1. The predicted molar refractivity (Wildman–Crippen MR) is 108 cm³/mol. The summed E-state index contributed by atoms with van der Waals surface area (Å²) in [5.41, 5.74) is 0.0531. The van der Waals surface area contributed by atoms with Crippen LogP contribution in [0.5, 0.6) is 5.75 Å². The highest BCUT2D eigenvalue weighted by Gasteiger charge is 2.20. The van der Waals surface area contributed by atoms with E-state index >= 15 is 0 Å². The minimum atomic E-state index is -4.47. The molecule has 0 unspecified atom stereocenters. The van der Waals surface area contributed by atoms with Crippen molar-refractivity contribution in [3.63, 3.8) is 0 Å². The van der Waals surface area contributed by atoms with E-state index in [1.165, 1.54) is 49.6 Å². The normalized spacial score (nSPS) is 11.2. The second-order valence-corrected chi connectivity index (χ2v) is 8.55. The smallest absolute Gasteiger partial charge is 0.426 e. The molecule has 0 aliphatic carbocycles. The molecule has 2 N–H and O–H groups in total. The van der Waals surface area contributed by atoms with Crippen LogP contribution in [0.2, 0.25) is 0 Å². The summed E-state index contributed by atoms with van der Waals surface area (Å²) in [7, 11) is -7.60. The highest BCUT2D eigenvalue weighted by molar-refractivity contribution is 7.86. The van der Waals surface area contributed by atoms with E-state index < -0.39 is 35.0 Å². The summed E-state index contributed by atoms with van der Waals surface area (Å²) in [4.78, 5) is 11.8. The summed E-state index contributed by atoms with van der Waals surface area (Å²) in [6.45, 7) is 0. The van der Waals surface area contributed by atoms with E-state index in [1.54, 1.807) is 0 Å². The fourth-order valence-electron chi connectivity index (χ4n) is 2.56. The standard InChI is InChI=1S/C10H8O6S2.C7H6N3O3/c11-17(12,13)9-5-1-3-7-8(9)4-2-6-10(7)18(14,15)16;1-13-7-4-5(10(11)12)2-3-6(7)9-8/h1-6H,(H,11,12,13)(H,14,15,16);2-4H,1H3/q;+1. The fraction of sp³-hybridized carbons (Fsp3) is 0.0588. The van der Waals surface area contributed by atoms with Gasteiger partial charge in [-0.15, -0.1) is 0 Å². The van der Waals surface area contributed by atoms with E-state index in [0.29, 0.717) is 0 Å². The van der Waals surface area contributed by atoms with Gasteiger partial charge < -0.3 is 4.74 Å². The fourth-order valence-corrected chi connectivity index (χ4v) is 3.98. The van der Waals surface area contributed by atoms with E-state index in [0.717, 1.165) is 12.1 Å². The van der Waals surface area contributed by atoms with Crippen LogP contribution in [0.25, 0.3) is 15.7 Å². The lowest BCUT2D eigenvalue weighted by atomic mass is 10.1. The Hall–Kier alpha value is -3.64. The highest BCUT2D eigenvalue weighted by Crippen LogP contribution is 2.31. The van der Waals surface area contributed by atoms with Crippen molar-refractivity contribution in [3.05, 3.63) is 69.7 Å². The molecule has 12 nitrogen and oxygen atoms in total. The van der Waals surface area contributed by atoms with Crippen LogP contribution in [0.3, 0.4) is 0 Å². The largest absolute Gasteiger partial charge is 0.489 e. The molecule has 0 spiro atoms. The molecule has 0 saturated heterocycles. The van der Waals surface area contributed by atoms with Crippen LogP contribution in [-0.2, 0) is 20.2 Å². The molecule has 0 heterocycles. The lowest BCUT2D eigenvalue weighted by Gasteiger charge is -2.06. The molecule has 14 heteroatoms. The third kappa shape index (κ3) is 5.49. The van der Waals surface area contributed by atoms with E-state index in [9.17, 15) is 26.9 Å². The molecule has 162 valence electrons. The number of hydrogen-bond acceptors (Lipinski definition) is 8. The number of benzene rings is 3. The molecule has 0 amide bonds. The first-order valence-corrected chi connectivity index (χ1v) is 10.9. The monoisotopic (exact) mass is 468 g/mol. The van der Waals surface area contributed by atoms with E-state index in [-0.39, 0.29) is 27.9 Å². The number of diazo groups is 1. The molecule has 0 fully saturated rings. The number of nitro groups is 1. The number of fused-ring (bicyclic) bond motifs is 1. The molecule has 0 atom stereocenters. The van der Waals surface area contributed by atoms with Crippen molar-refractivity contribution in [1.29, 1.82) is 5.39 Å². The molecule has 3 rings (SSSR count). The molecule has 3 aromatic carbocycles. The Balaban J connectivity index is 0.000000233. The zero-order valence-electron chi connectivity index (χ0n) is 15.6. The maximum Gasteiger partial charge on any atom is 0.426 e. The second kappa shape index (κ2) is 9.02. The maximum absolute atomic E-state index is 11.2. The first-order valence-electron chi connectivity index (χ1n) is 8.04. The van der Waals surface area contributed by atoms with Gasteiger partial charge >= 0.3 is 5.69 Å². The number of nitrogens with zero attached hydrogens (tertiary/aromatic N) is 3. The summed E-state index contributed by atoms with van der Waals surface area (Å²) >= 11 is 0. The lowest BCUT2D eigenvalue weighted by molar-refractivity contribution is -0.384. The van der Waals surface area contributed by atoms with Crippen molar-refractivity contribution in [3.8, 4) is 5.75 Å². The minimum Gasteiger partial charge on any atom is -0.489 e. The van der Waals surface area contributed by atoms with Gasteiger partial charge in [0, 0.05) is 22.9 Å². The SMILES string of the molecule is COc1cc([N+](=O)[O-])ccc1[N+]#N.O=S(=O)(O)c1cccc2c(S(=O)(=O)O)cccc12. The number of ether oxygens (including phenoxy) is 1. The molecule has 31 heavy (non-hydrogen) atoms. The average Bonchev–Trinajstić information content (AvgIpc) is 2.71. The van der Waals surface area contributed by atoms with Crippen LogP contribution in [0.15, 0.2) is 64.4 Å². The van der Waals surface area contributed by atoms with Crippen LogP contribution in [0.4, 0.5) is 11.4 Å². The first kappa shape index (κ1) is 23.6. The summed E-state index contributed by atoms with van der Waals surface area (Å²) in [5.74, 6) is 0.164. The topological polar surface area (TPSA) is 189 Å². The average molecular weight is 468 g/mol. The predicted octanol–water partition coefficient (Wildman–Crippen LogP) is 3.42. The first-order chi connectivity index (χ1) is 14.4. The van der Waals surface area contributed by atoms with Crippen molar-refractivity contribution in [2.75, 3.05) is 7.11 Å². The van der Waals surface area contributed by atoms with Gasteiger partial charge in [-0.2, -0.15) is 16.8 Å². The number of rotatable bonds is 4. The second-order valence-electron chi connectivity index (χ2n) is 5.77. The van der Waals surface area contributed by atoms with Crippen LogP contribution in [0.1, 0.15) is 0 Å². The minimum absolute atomic E-state index is 0.0233. The molecular formula is C17H14N3O9S2+. The lowest BCUT2D eigenvalue weighted by Crippen LogP contribution is -2.02. The molecule has 0 bridgehead atoms. The van der Waals surface area contributed by atoms with Gasteiger partial charge in [-0.25, -0.2) is 0 Å². The van der Waals surface area contributed by atoms with Gasteiger partial charge in [0.1, 0.15) is 9.79 Å². The van der Waals surface area contributed by atoms with Gasteiger partial charge in [0.05, 0.1) is 18.1 Å². The Labute approximate surface area is 176 Å². The third-order valence-electron chi connectivity index (χ3n) is 3.88. The van der Waals surface area contributed by atoms with Gasteiger partial charge in [-0.05, 0) is 12.1 Å². The Morgan fingerprint density at radius 1 is 0.935 bits per heavy atom. The molecule has 0 aliphatic heterocycles. The number of methoxy groups -OCH3 is 1. The molecule has 0 aliphatic rings. The van der Waals surface area contributed by atoms with Crippen molar-refractivity contribution in [2.24, 2.45) is 0 Å². The van der Waals surface area contributed by atoms with Crippen molar-refractivity contribution < 1.29 is 35.6 Å². The van der Waals surface area contributed by atoms with Crippen LogP contribution in [-0.4, -0.2) is 38.0 Å². The summed E-state index contributed by atoms with van der Waals surface area (Å²) < 4.78 is 67.5. The zero-order valence-corrected chi connectivity index (χ0v) is 17.2. The number of hydrogen-bond donors (Lipinski definition) is 2. The van der Waals surface area contributed by atoms with Gasteiger partial charge in [0.2, 0.25) is 11.1 Å². The van der Waals surface area contributed by atoms with Gasteiger partial charge in [-0.1, -0.05) is 24.3 Å². The van der Waals surface area contributed by atoms with Gasteiger partial charge in [0.15, 0.2) is 4.98 Å². The highest BCUT2D eigenvalue weighted by atomic mass is 32.2. The summed E-state index contributed by atoms with van der Waals surface area (Å²) in [6.07, 6.45) is 0. The molecule has 3 aromatic rings. The molecule has 0 aromatic heterocycles. The summed E-state index contributed by atoms with van der Waals surface area (Å²) in [5, 5.41) is 18.8.